The molecule has 2 N–H and O–H groups in total. The molecule has 1 aliphatic heterocycles. The molecule has 0 radical (unpaired) electrons. The van der Waals surface area contributed by atoms with Crippen LogP contribution >= 0.6 is 11.8 Å². The molecule has 0 aromatic rings. The van der Waals surface area contributed by atoms with Gasteiger partial charge in [-0.2, -0.15) is 11.8 Å². The van der Waals surface area contributed by atoms with Crippen molar-refractivity contribution < 1.29 is 14.7 Å². The predicted molar refractivity (Wildman–Crippen MR) is 85.7 cm³/mol. The monoisotopic (exact) mass is 317 g/mol. The van der Waals surface area contributed by atoms with E-state index >= 15 is 0 Å². The minimum absolute atomic E-state index is 0.165. The molecule has 7 heteroatoms. The Balaban J connectivity index is 2.25. The number of hydrogen-bond donors (Lipinski definition) is 2. The standard InChI is InChI=1S/C14H27N3O3S/c1-3-16-7-9-17(10-8-16)6-4-13(18)15-12(14(19)20)5-11-21-2/h12H,3-11H2,1-2H3,(H,15,18)(H,19,20). The number of rotatable bonds is 9. The zero-order valence-corrected chi connectivity index (χ0v) is 13.8. The van der Waals surface area contributed by atoms with E-state index < -0.39 is 12.0 Å². The second-order valence-electron chi connectivity index (χ2n) is 5.27. The molecule has 1 heterocycles. The zero-order valence-electron chi connectivity index (χ0n) is 13.0. The summed E-state index contributed by atoms with van der Waals surface area (Å²) in [4.78, 5) is 27.6. The molecule has 0 aliphatic carbocycles. The summed E-state index contributed by atoms with van der Waals surface area (Å²) in [6.45, 7) is 7.99. The van der Waals surface area contributed by atoms with Crippen LogP contribution in [-0.4, -0.2) is 84.1 Å². The van der Waals surface area contributed by atoms with Crippen molar-refractivity contribution in [3.05, 3.63) is 0 Å². The summed E-state index contributed by atoms with van der Waals surface area (Å²) in [5.74, 6) is -0.383. The van der Waals surface area contributed by atoms with Crippen LogP contribution in [0.2, 0.25) is 0 Å². The first kappa shape index (κ1) is 18.3. The molecule has 1 atom stereocenters. The van der Waals surface area contributed by atoms with Crippen molar-refractivity contribution >= 4 is 23.6 Å². The van der Waals surface area contributed by atoms with Crippen molar-refractivity contribution in [2.45, 2.75) is 25.8 Å². The van der Waals surface area contributed by atoms with Gasteiger partial charge < -0.3 is 20.2 Å². The first-order valence-electron chi connectivity index (χ1n) is 7.52. The van der Waals surface area contributed by atoms with E-state index in [1.54, 1.807) is 11.8 Å². The molecule has 1 amide bonds. The van der Waals surface area contributed by atoms with Crippen molar-refractivity contribution in [3.8, 4) is 0 Å². The number of nitrogens with zero attached hydrogens (tertiary/aromatic N) is 2. The molecular weight excluding hydrogens is 290 g/mol. The summed E-state index contributed by atoms with van der Waals surface area (Å²) in [6.07, 6.45) is 2.77. The van der Waals surface area contributed by atoms with Crippen molar-refractivity contribution in [3.63, 3.8) is 0 Å². The highest BCUT2D eigenvalue weighted by molar-refractivity contribution is 7.98. The Labute approximate surface area is 131 Å². The summed E-state index contributed by atoms with van der Waals surface area (Å²) < 4.78 is 0. The number of piperazine rings is 1. The minimum Gasteiger partial charge on any atom is -0.480 e. The van der Waals surface area contributed by atoms with E-state index in [1.807, 2.05) is 6.26 Å². The van der Waals surface area contributed by atoms with Gasteiger partial charge in [-0.25, -0.2) is 4.79 Å². The Morgan fingerprint density at radius 1 is 1.24 bits per heavy atom. The Bertz CT molecular complexity index is 333. The lowest BCUT2D eigenvalue weighted by Gasteiger charge is -2.33. The molecule has 122 valence electrons. The number of carboxylic acid groups (broad SMARTS) is 1. The number of likely N-dealkylation sites (N-methyl/N-ethyl adjacent to an activating group) is 1. The molecule has 0 aromatic heterocycles. The van der Waals surface area contributed by atoms with Gasteiger partial charge in [-0.3, -0.25) is 4.79 Å². The SMILES string of the molecule is CCN1CCN(CCC(=O)NC(CCSC)C(=O)O)CC1. The molecule has 21 heavy (non-hydrogen) atoms. The maximum absolute atomic E-state index is 11.9. The van der Waals surface area contributed by atoms with Crippen LogP contribution < -0.4 is 5.32 Å². The molecule has 0 spiro atoms. The lowest BCUT2D eigenvalue weighted by Crippen LogP contribution is -2.47. The van der Waals surface area contributed by atoms with E-state index in [4.69, 9.17) is 5.11 Å². The Hall–Kier alpha value is -0.790. The Morgan fingerprint density at radius 2 is 1.86 bits per heavy atom. The van der Waals surface area contributed by atoms with Crippen LogP contribution in [0.15, 0.2) is 0 Å². The number of thioether (sulfide) groups is 1. The summed E-state index contributed by atoms with van der Waals surface area (Å²) in [5.41, 5.74) is 0. The molecule has 1 rings (SSSR count). The summed E-state index contributed by atoms with van der Waals surface area (Å²) >= 11 is 1.59. The van der Waals surface area contributed by atoms with Crippen molar-refractivity contribution in [1.29, 1.82) is 0 Å². The number of hydrogen-bond acceptors (Lipinski definition) is 5. The van der Waals surface area contributed by atoms with Crippen LogP contribution in [0.4, 0.5) is 0 Å². The summed E-state index contributed by atoms with van der Waals surface area (Å²) in [7, 11) is 0. The quantitative estimate of drug-likeness (QED) is 0.639. The number of carbonyl (C=O) groups excluding carboxylic acids is 1. The second kappa shape index (κ2) is 10.0. The second-order valence-corrected chi connectivity index (χ2v) is 6.25. The highest BCUT2D eigenvalue weighted by Crippen LogP contribution is 2.04. The maximum Gasteiger partial charge on any atom is 0.326 e. The normalized spacial score (nSPS) is 18.4. The van der Waals surface area contributed by atoms with Gasteiger partial charge in [0.15, 0.2) is 0 Å². The fraction of sp³-hybridized carbons (Fsp3) is 0.857. The summed E-state index contributed by atoms with van der Waals surface area (Å²) in [5, 5.41) is 11.7. The highest BCUT2D eigenvalue weighted by Gasteiger charge is 2.20. The molecule has 1 saturated heterocycles. The van der Waals surface area contributed by atoms with Gasteiger partial charge in [0.05, 0.1) is 0 Å². The number of nitrogens with one attached hydrogen (secondary N) is 1. The van der Waals surface area contributed by atoms with Gasteiger partial charge >= 0.3 is 5.97 Å². The third-order valence-corrected chi connectivity index (χ3v) is 4.46. The minimum atomic E-state index is -0.950. The van der Waals surface area contributed by atoms with Gasteiger partial charge in [0.1, 0.15) is 6.04 Å². The van der Waals surface area contributed by atoms with Crippen molar-refractivity contribution in [2.75, 3.05) is 51.3 Å². The first-order chi connectivity index (χ1) is 10.1. The third kappa shape index (κ3) is 7.15. The van der Waals surface area contributed by atoms with Crippen molar-refractivity contribution in [1.82, 2.24) is 15.1 Å². The lowest BCUT2D eigenvalue weighted by atomic mass is 10.2. The topological polar surface area (TPSA) is 72.9 Å². The number of amides is 1. The molecule has 6 nitrogen and oxygen atoms in total. The lowest BCUT2D eigenvalue weighted by molar-refractivity contribution is -0.141. The number of carbonyl (C=O) groups is 2. The molecule has 0 aromatic carbocycles. The van der Waals surface area contributed by atoms with Crippen molar-refractivity contribution in [2.24, 2.45) is 0 Å². The molecule has 0 bridgehead atoms. The summed E-state index contributed by atoms with van der Waals surface area (Å²) in [6, 6.07) is -0.762. The van der Waals surface area contributed by atoms with Gasteiger partial charge in [-0.05, 0) is 25.0 Å². The fourth-order valence-corrected chi connectivity index (χ4v) is 2.82. The maximum atomic E-state index is 11.9. The van der Waals surface area contributed by atoms with Crippen LogP contribution in [0.25, 0.3) is 0 Å². The predicted octanol–water partition coefficient (Wildman–Crippen LogP) is 0.337. The van der Waals surface area contributed by atoms with E-state index in [0.29, 0.717) is 19.4 Å². The molecular formula is C14H27N3O3S. The van der Waals surface area contributed by atoms with Gasteiger partial charge in [-0.15, -0.1) is 0 Å². The molecule has 1 aliphatic rings. The third-order valence-electron chi connectivity index (χ3n) is 3.81. The first-order valence-corrected chi connectivity index (χ1v) is 8.92. The van der Waals surface area contributed by atoms with Gasteiger partial charge in [0, 0.05) is 39.1 Å². The average Bonchev–Trinajstić information content (AvgIpc) is 2.49. The van der Waals surface area contributed by atoms with Crippen LogP contribution in [-0.2, 0) is 9.59 Å². The van der Waals surface area contributed by atoms with Crippen LogP contribution in [0.3, 0.4) is 0 Å². The molecule has 1 fully saturated rings. The van der Waals surface area contributed by atoms with E-state index in [0.717, 1.165) is 38.5 Å². The van der Waals surface area contributed by atoms with Crippen LogP contribution in [0.5, 0.6) is 0 Å². The highest BCUT2D eigenvalue weighted by atomic mass is 32.2. The number of carboxylic acids is 1. The molecule has 0 saturated carbocycles. The van der Waals surface area contributed by atoms with E-state index in [1.165, 1.54) is 0 Å². The smallest absolute Gasteiger partial charge is 0.326 e. The van der Waals surface area contributed by atoms with Gasteiger partial charge in [-0.1, -0.05) is 6.92 Å². The van der Waals surface area contributed by atoms with E-state index in [2.05, 4.69) is 22.0 Å². The van der Waals surface area contributed by atoms with E-state index in [9.17, 15) is 9.59 Å². The number of aliphatic carboxylic acids is 1. The Morgan fingerprint density at radius 3 is 2.38 bits per heavy atom. The zero-order chi connectivity index (χ0) is 15.7. The van der Waals surface area contributed by atoms with Crippen LogP contribution in [0.1, 0.15) is 19.8 Å². The average molecular weight is 317 g/mol. The Kier molecular flexibility index (Phi) is 8.72. The molecule has 1 unspecified atom stereocenters. The van der Waals surface area contributed by atoms with Crippen LogP contribution in [0, 0.1) is 0 Å². The fourth-order valence-electron chi connectivity index (χ4n) is 2.35. The van der Waals surface area contributed by atoms with E-state index in [-0.39, 0.29) is 5.91 Å². The van der Waals surface area contributed by atoms with Gasteiger partial charge in [0.2, 0.25) is 5.91 Å². The van der Waals surface area contributed by atoms with Gasteiger partial charge in [0.25, 0.3) is 0 Å². The largest absolute Gasteiger partial charge is 0.480 e.